The van der Waals surface area contributed by atoms with Crippen LogP contribution in [0.5, 0.6) is 0 Å². The highest BCUT2D eigenvalue weighted by molar-refractivity contribution is 5.02. The topological polar surface area (TPSA) is 54.0 Å². The summed E-state index contributed by atoms with van der Waals surface area (Å²) >= 11 is 0. The summed E-state index contributed by atoms with van der Waals surface area (Å²) < 4.78 is 5.79. The number of aromatic amines is 1. The second-order valence-corrected chi connectivity index (χ2v) is 5.06. The van der Waals surface area contributed by atoms with Crippen molar-refractivity contribution >= 4 is 0 Å². The molecule has 0 bridgehead atoms. The van der Waals surface area contributed by atoms with Crippen LogP contribution in [0.15, 0.2) is 12.2 Å². The number of aromatic nitrogens is 3. The Morgan fingerprint density at radius 1 is 1.50 bits per heavy atom. The lowest BCUT2D eigenvalue weighted by Crippen LogP contribution is -2.44. The van der Waals surface area contributed by atoms with Crippen LogP contribution in [0.25, 0.3) is 0 Å². The number of nitrogens with zero attached hydrogens (tertiary/aromatic N) is 3. The molecule has 1 aliphatic carbocycles. The third kappa shape index (κ3) is 2.47. The van der Waals surface area contributed by atoms with Gasteiger partial charge < -0.3 is 4.74 Å². The molecule has 0 amide bonds. The van der Waals surface area contributed by atoms with E-state index in [0.717, 1.165) is 31.3 Å². The van der Waals surface area contributed by atoms with E-state index in [2.05, 4.69) is 32.2 Å². The molecule has 1 fully saturated rings. The number of ether oxygens (including phenoxy) is 1. The number of H-pyrrole nitrogens is 1. The Hall–Kier alpha value is -1.20. The lowest BCUT2D eigenvalue weighted by Gasteiger charge is -2.37. The van der Waals surface area contributed by atoms with Gasteiger partial charge in [-0.25, -0.2) is 4.98 Å². The molecule has 1 saturated heterocycles. The van der Waals surface area contributed by atoms with E-state index in [1.165, 1.54) is 19.3 Å². The number of hydrogen-bond acceptors (Lipinski definition) is 4. The van der Waals surface area contributed by atoms with E-state index in [0.29, 0.717) is 6.04 Å². The molecular formula is C13H20N4O. The molecule has 98 valence electrons. The van der Waals surface area contributed by atoms with Gasteiger partial charge in [0.2, 0.25) is 0 Å². The quantitative estimate of drug-likeness (QED) is 0.808. The van der Waals surface area contributed by atoms with E-state index in [1.54, 1.807) is 0 Å². The Labute approximate surface area is 107 Å². The first-order chi connectivity index (χ1) is 8.83. The van der Waals surface area contributed by atoms with Crippen molar-refractivity contribution in [2.75, 3.05) is 19.7 Å². The summed E-state index contributed by atoms with van der Waals surface area (Å²) in [4.78, 5) is 6.87. The lowest BCUT2D eigenvalue weighted by molar-refractivity contribution is -0.0442. The average molecular weight is 248 g/mol. The zero-order valence-electron chi connectivity index (χ0n) is 10.8. The second-order valence-electron chi connectivity index (χ2n) is 5.06. The molecule has 3 rings (SSSR count). The molecule has 2 atom stereocenters. The van der Waals surface area contributed by atoms with Gasteiger partial charge in [0, 0.05) is 19.1 Å². The van der Waals surface area contributed by atoms with Gasteiger partial charge in [-0.3, -0.25) is 10.00 Å². The zero-order valence-corrected chi connectivity index (χ0v) is 10.8. The van der Waals surface area contributed by atoms with Crippen molar-refractivity contribution in [3.8, 4) is 0 Å². The van der Waals surface area contributed by atoms with Crippen LogP contribution >= 0.6 is 0 Å². The van der Waals surface area contributed by atoms with Gasteiger partial charge in [-0.1, -0.05) is 12.2 Å². The maximum Gasteiger partial charge on any atom is 0.180 e. The van der Waals surface area contributed by atoms with Gasteiger partial charge in [-0.05, 0) is 26.2 Å². The van der Waals surface area contributed by atoms with Gasteiger partial charge >= 0.3 is 0 Å². The van der Waals surface area contributed by atoms with E-state index in [-0.39, 0.29) is 6.10 Å². The van der Waals surface area contributed by atoms with Crippen molar-refractivity contribution in [3.05, 3.63) is 23.8 Å². The van der Waals surface area contributed by atoms with Crippen LogP contribution in [0.4, 0.5) is 0 Å². The molecular weight excluding hydrogens is 228 g/mol. The molecule has 1 aromatic heterocycles. The van der Waals surface area contributed by atoms with Crippen molar-refractivity contribution in [2.24, 2.45) is 0 Å². The first kappa shape index (κ1) is 11.9. The van der Waals surface area contributed by atoms with Gasteiger partial charge in [-0.2, -0.15) is 5.10 Å². The summed E-state index contributed by atoms with van der Waals surface area (Å²) in [6.45, 7) is 4.59. The maximum absolute atomic E-state index is 5.79. The SMILES string of the molecule is Cc1nc([C@H]2CN([C@H]3C=CCCC3)CCO2)n[nH]1. The molecule has 0 saturated carbocycles. The molecule has 2 aliphatic rings. The first-order valence-electron chi connectivity index (χ1n) is 6.74. The molecule has 0 unspecified atom stereocenters. The molecule has 1 aliphatic heterocycles. The largest absolute Gasteiger partial charge is 0.367 e. The van der Waals surface area contributed by atoms with Crippen molar-refractivity contribution in [2.45, 2.75) is 38.3 Å². The van der Waals surface area contributed by atoms with Gasteiger partial charge in [0.05, 0.1) is 6.61 Å². The van der Waals surface area contributed by atoms with Gasteiger partial charge in [-0.15, -0.1) is 0 Å². The minimum absolute atomic E-state index is 0.0130. The predicted molar refractivity (Wildman–Crippen MR) is 68.2 cm³/mol. The standard InChI is InChI=1S/C13H20N4O/c1-10-14-13(16-15-10)12-9-17(7-8-18-12)11-5-3-2-4-6-11/h3,5,11-12H,2,4,6-9H2,1H3,(H,14,15,16)/t11-,12+/m0/s1. The summed E-state index contributed by atoms with van der Waals surface area (Å²) in [6.07, 6.45) is 8.44. The Kier molecular flexibility index (Phi) is 3.43. The molecule has 1 aromatic rings. The van der Waals surface area contributed by atoms with E-state index in [9.17, 15) is 0 Å². The molecule has 0 spiro atoms. The monoisotopic (exact) mass is 248 g/mol. The lowest BCUT2D eigenvalue weighted by atomic mass is 10.0. The van der Waals surface area contributed by atoms with Gasteiger partial charge in [0.15, 0.2) is 5.82 Å². The van der Waals surface area contributed by atoms with Crippen LogP contribution < -0.4 is 0 Å². The van der Waals surface area contributed by atoms with Crippen LogP contribution in [-0.4, -0.2) is 45.8 Å². The Bertz CT molecular complexity index is 428. The third-order valence-electron chi connectivity index (χ3n) is 3.70. The Morgan fingerprint density at radius 3 is 3.17 bits per heavy atom. The van der Waals surface area contributed by atoms with Crippen LogP contribution in [0, 0.1) is 6.92 Å². The number of aryl methyl sites for hydroxylation is 1. The Balaban J connectivity index is 1.68. The second kappa shape index (κ2) is 5.20. The van der Waals surface area contributed by atoms with E-state index in [1.807, 2.05) is 6.92 Å². The number of rotatable bonds is 2. The van der Waals surface area contributed by atoms with Gasteiger partial charge in [0.25, 0.3) is 0 Å². The average Bonchev–Trinajstić information content (AvgIpc) is 2.87. The fourth-order valence-corrected chi connectivity index (χ4v) is 2.73. The normalized spacial score (nSPS) is 29.6. The van der Waals surface area contributed by atoms with E-state index < -0.39 is 0 Å². The highest BCUT2D eigenvalue weighted by Gasteiger charge is 2.28. The highest BCUT2D eigenvalue weighted by atomic mass is 16.5. The van der Waals surface area contributed by atoms with Crippen LogP contribution in [0.1, 0.15) is 37.0 Å². The molecule has 5 heteroatoms. The van der Waals surface area contributed by atoms with Crippen molar-refractivity contribution < 1.29 is 4.74 Å². The van der Waals surface area contributed by atoms with Crippen molar-refractivity contribution in [1.29, 1.82) is 0 Å². The summed E-state index contributed by atoms with van der Waals surface area (Å²) in [5, 5.41) is 7.10. The van der Waals surface area contributed by atoms with E-state index >= 15 is 0 Å². The number of morpholine rings is 1. The van der Waals surface area contributed by atoms with Gasteiger partial charge in [0.1, 0.15) is 11.9 Å². The van der Waals surface area contributed by atoms with Crippen LogP contribution in [0.3, 0.4) is 0 Å². The van der Waals surface area contributed by atoms with Crippen LogP contribution in [0.2, 0.25) is 0 Å². The highest BCUT2D eigenvalue weighted by Crippen LogP contribution is 2.24. The number of nitrogens with one attached hydrogen (secondary N) is 1. The van der Waals surface area contributed by atoms with Crippen molar-refractivity contribution in [3.63, 3.8) is 0 Å². The fraction of sp³-hybridized carbons (Fsp3) is 0.692. The minimum atomic E-state index is 0.0130. The third-order valence-corrected chi connectivity index (χ3v) is 3.70. The smallest absolute Gasteiger partial charge is 0.180 e. The summed E-state index contributed by atoms with van der Waals surface area (Å²) in [5.41, 5.74) is 0. The number of hydrogen-bond donors (Lipinski definition) is 1. The predicted octanol–water partition coefficient (Wildman–Crippen LogP) is 1.60. The van der Waals surface area contributed by atoms with E-state index in [4.69, 9.17) is 4.74 Å². The zero-order chi connectivity index (χ0) is 12.4. The summed E-state index contributed by atoms with van der Waals surface area (Å²) in [6, 6.07) is 0.574. The molecule has 0 radical (unpaired) electrons. The minimum Gasteiger partial charge on any atom is -0.367 e. The number of allylic oxidation sites excluding steroid dienone is 1. The molecule has 0 aromatic carbocycles. The van der Waals surface area contributed by atoms with Crippen LogP contribution in [-0.2, 0) is 4.74 Å². The fourth-order valence-electron chi connectivity index (χ4n) is 2.73. The molecule has 1 N–H and O–H groups in total. The summed E-state index contributed by atoms with van der Waals surface area (Å²) in [7, 11) is 0. The molecule has 2 heterocycles. The molecule has 18 heavy (non-hydrogen) atoms. The first-order valence-corrected chi connectivity index (χ1v) is 6.74. The van der Waals surface area contributed by atoms with Crippen molar-refractivity contribution in [1.82, 2.24) is 20.1 Å². The Morgan fingerprint density at radius 2 is 2.44 bits per heavy atom. The molecule has 5 nitrogen and oxygen atoms in total. The maximum atomic E-state index is 5.79. The summed E-state index contributed by atoms with van der Waals surface area (Å²) in [5.74, 6) is 1.64.